The van der Waals surface area contributed by atoms with E-state index in [0.29, 0.717) is 18.3 Å². The molecule has 0 spiro atoms. The number of hydrogen-bond acceptors (Lipinski definition) is 4. The predicted octanol–water partition coefficient (Wildman–Crippen LogP) is 0.537. The lowest BCUT2D eigenvalue weighted by Gasteiger charge is -2.11. The Kier molecular flexibility index (Phi) is 2.02. The monoisotopic (exact) mass is 133 g/mol. The number of rotatable bonds is 0. The maximum absolute atomic E-state index is 8.14. The minimum absolute atomic E-state index is 0.446. The molecule has 1 heterocycles. The first kappa shape index (κ1) is 5.75. The molecule has 0 atom stereocenters. The van der Waals surface area contributed by atoms with Gasteiger partial charge in [0, 0.05) is 5.75 Å². The molecule has 46 valence electrons. The molecule has 0 unspecified atom stereocenters. The van der Waals surface area contributed by atoms with Crippen LogP contribution in [-0.4, -0.2) is 29.2 Å². The smallest absolute Gasteiger partial charge is 0.235 e. The van der Waals surface area contributed by atoms with Crippen LogP contribution in [0.1, 0.15) is 0 Å². The van der Waals surface area contributed by atoms with E-state index in [1.807, 2.05) is 0 Å². The van der Waals surface area contributed by atoms with Crippen molar-refractivity contribution in [3.8, 4) is 0 Å². The topological polar surface area (TPSA) is 41.8 Å². The summed E-state index contributed by atoms with van der Waals surface area (Å²) in [4.78, 5) is 0. The van der Waals surface area contributed by atoms with Crippen molar-refractivity contribution in [2.24, 2.45) is 5.16 Å². The molecule has 0 aromatic heterocycles. The van der Waals surface area contributed by atoms with E-state index in [2.05, 4.69) is 5.16 Å². The number of oxime groups is 1. The van der Waals surface area contributed by atoms with Crippen LogP contribution in [0.15, 0.2) is 5.16 Å². The molecule has 1 rings (SSSR count). The Balaban J connectivity index is 2.33. The van der Waals surface area contributed by atoms with Crippen molar-refractivity contribution in [2.75, 3.05) is 18.1 Å². The first-order valence-corrected chi connectivity index (χ1v) is 3.50. The largest absolute Gasteiger partial charge is 0.477 e. The molecule has 1 fully saturated rings. The van der Waals surface area contributed by atoms with Crippen molar-refractivity contribution in [3.63, 3.8) is 0 Å². The number of hydrogen-bond donors (Lipinski definition) is 1. The van der Waals surface area contributed by atoms with E-state index in [1.54, 1.807) is 11.8 Å². The van der Waals surface area contributed by atoms with Gasteiger partial charge in [-0.25, -0.2) is 0 Å². The van der Waals surface area contributed by atoms with Crippen LogP contribution in [-0.2, 0) is 4.74 Å². The summed E-state index contributed by atoms with van der Waals surface area (Å²) in [6, 6.07) is 0. The fourth-order valence-electron chi connectivity index (χ4n) is 0.477. The maximum atomic E-state index is 8.14. The quantitative estimate of drug-likeness (QED) is 0.387. The lowest BCUT2D eigenvalue weighted by Crippen LogP contribution is -2.16. The normalized spacial score (nSPS) is 25.2. The summed E-state index contributed by atoms with van der Waals surface area (Å²) >= 11 is 1.71. The second-order valence-corrected chi connectivity index (χ2v) is 2.50. The van der Waals surface area contributed by atoms with E-state index >= 15 is 0 Å². The highest BCUT2D eigenvalue weighted by molar-refractivity contribution is 8.00. The first-order valence-electron chi connectivity index (χ1n) is 2.35. The molecule has 1 N–H and O–H groups in total. The zero-order valence-corrected chi connectivity index (χ0v) is 5.15. The predicted molar refractivity (Wildman–Crippen MR) is 32.5 cm³/mol. The van der Waals surface area contributed by atoms with Gasteiger partial charge in [-0.1, -0.05) is 5.16 Å². The number of ether oxygens (including phenoxy) is 1. The zero-order valence-electron chi connectivity index (χ0n) is 4.33. The Morgan fingerprint density at radius 3 is 3.00 bits per heavy atom. The average molecular weight is 133 g/mol. The molecule has 1 saturated heterocycles. The lowest BCUT2D eigenvalue weighted by molar-refractivity contribution is 0.262. The molecule has 3 nitrogen and oxygen atoms in total. The van der Waals surface area contributed by atoms with E-state index < -0.39 is 0 Å². The van der Waals surface area contributed by atoms with Gasteiger partial charge >= 0.3 is 0 Å². The Labute approximate surface area is 51.7 Å². The van der Waals surface area contributed by atoms with Crippen LogP contribution in [0.5, 0.6) is 0 Å². The summed E-state index contributed by atoms with van der Waals surface area (Å²) in [5, 5.41) is 11.1. The van der Waals surface area contributed by atoms with Crippen LogP contribution in [0.2, 0.25) is 0 Å². The van der Waals surface area contributed by atoms with Crippen LogP contribution in [0, 0.1) is 0 Å². The fraction of sp³-hybridized carbons (Fsp3) is 0.750. The number of nitrogens with zero attached hydrogens (tertiary/aromatic N) is 1. The minimum atomic E-state index is 0.446. The third-order valence-corrected chi connectivity index (χ3v) is 1.74. The molecule has 0 saturated carbocycles. The highest BCUT2D eigenvalue weighted by atomic mass is 32.2. The number of thioether (sulfide) groups is 1. The van der Waals surface area contributed by atoms with Crippen molar-refractivity contribution in [1.29, 1.82) is 0 Å². The van der Waals surface area contributed by atoms with Crippen molar-refractivity contribution < 1.29 is 9.94 Å². The Morgan fingerprint density at radius 2 is 2.62 bits per heavy atom. The van der Waals surface area contributed by atoms with E-state index in [4.69, 9.17) is 9.94 Å². The van der Waals surface area contributed by atoms with Gasteiger partial charge in [-0.05, 0) is 0 Å². The maximum Gasteiger partial charge on any atom is 0.235 e. The van der Waals surface area contributed by atoms with Crippen molar-refractivity contribution in [1.82, 2.24) is 0 Å². The van der Waals surface area contributed by atoms with Gasteiger partial charge in [-0.15, -0.1) is 11.8 Å². The Hall–Kier alpha value is -0.380. The van der Waals surface area contributed by atoms with E-state index in [9.17, 15) is 0 Å². The van der Waals surface area contributed by atoms with Gasteiger partial charge < -0.3 is 9.94 Å². The molecule has 0 amide bonds. The summed E-state index contributed by atoms with van der Waals surface area (Å²) in [5.41, 5.74) is 0. The fourth-order valence-corrected chi connectivity index (χ4v) is 1.14. The molecule has 0 aromatic carbocycles. The standard InChI is InChI=1S/C4H7NO2S/c6-5-4-3-8-2-1-7-4/h6H,1-3H2/b5-4-. The van der Waals surface area contributed by atoms with Gasteiger partial charge in [0.2, 0.25) is 5.90 Å². The van der Waals surface area contributed by atoms with Crippen molar-refractivity contribution in [2.45, 2.75) is 0 Å². The van der Waals surface area contributed by atoms with Gasteiger partial charge in [0.05, 0.1) is 12.4 Å². The average Bonchev–Trinajstić information content (AvgIpc) is 1.90. The summed E-state index contributed by atoms with van der Waals surface area (Å²) in [6.45, 7) is 0.671. The molecule has 0 bridgehead atoms. The Bertz CT molecular complexity index is 96.2. The van der Waals surface area contributed by atoms with Gasteiger partial charge in [-0.3, -0.25) is 0 Å². The molecular weight excluding hydrogens is 126 g/mol. The van der Waals surface area contributed by atoms with Crippen LogP contribution < -0.4 is 0 Å². The first-order chi connectivity index (χ1) is 3.93. The molecule has 0 radical (unpaired) electrons. The lowest BCUT2D eigenvalue weighted by atomic mass is 10.7. The van der Waals surface area contributed by atoms with Crippen LogP contribution in [0.4, 0.5) is 0 Å². The van der Waals surface area contributed by atoms with Crippen LogP contribution in [0.3, 0.4) is 0 Å². The summed E-state index contributed by atoms with van der Waals surface area (Å²) in [6.07, 6.45) is 0. The highest BCUT2D eigenvalue weighted by Gasteiger charge is 2.06. The second-order valence-electron chi connectivity index (χ2n) is 1.39. The van der Waals surface area contributed by atoms with E-state index in [1.165, 1.54) is 0 Å². The third-order valence-electron chi connectivity index (χ3n) is 0.833. The van der Waals surface area contributed by atoms with Gasteiger partial charge in [0.15, 0.2) is 0 Å². The van der Waals surface area contributed by atoms with E-state index in [-0.39, 0.29) is 0 Å². The molecule has 1 aliphatic rings. The molecule has 0 aliphatic carbocycles. The summed E-state index contributed by atoms with van der Waals surface area (Å²) in [5.74, 6) is 2.15. The van der Waals surface area contributed by atoms with Crippen molar-refractivity contribution >= 4 is 17.7 Å². The molecule has 0 aromatic rings. The molecule has 4 heteroatoms. The van der Waals surface area contributed by atoms with Crippen molar-refractivity contribution in [3.05, 3.63) is 0 Å². The molecule has 1 aliphatic heterocycles. The SMILES string of the molecule is O/N=C1/CSCCO1. The third kappa shape index (κ3) is 1.30. The Morgan fingerprint density at radius 1 is 1.75 bits per heavy atom. The summed E-state index contributed by atoms with van der Waals surface area (Å²) < 4.78 is 4.91. The van der Waals surface area contributed by atoms with Gasteiger partial charge in [0.25, 0.3) is 0 Å². The minimum Gasteiger partial charge on any atom is -0.477 e. The molecule has 8 heavy (non-hydrogen) atoms. The zero-order chi connectivity index (χ0) is 5.82. The van der Waals surface area contributed by atoms with Crippen LogP contribution >= 0.6 is 11.8 Å². The van der Waals surface area contributed by atoms with Crippen LogP contribution in [0.25, 0.3) is 0 Å². The molecular formula is C4H7NO2S. The second kappa shape index (κ2) is 2.81. The highest BCUT2D eigenvalue weighted by Crippen LogP contribution is 2.06. The van der Waals surface area contributed by atoms with Gasteiger partial charge in [0.1, 0.15) is 0 Å². The summed E-state index contributed by atoms with van der Waals surface area (Å²) in [7, 11) is 0. The van der Waals surface area contributed by atoms with E-state index in [0.717, 1.165) is 5.75 Å². The van der Waals surface area contributed by atoms with Gasteiger partial charge in [-0.2, -0.15) is 0 Å².